The molecule has 0 fully saturated rings. The molecule has 1 aromatic heterocycles. The Morgan fingerprint density at radius 1 is 0.380 bits per heavy atom. The van der Waals surface area contributed by atoms with Gasteiger partial charge >= 0.3 is 0 Å². The summed E-state index contributed by atoms with van der Waals surface area (Å²) in [5.41, 5.74) is 4.88. The van der Waals surface area contributed by atoms with Crippen LogP contribution in [0.5, 0.6) is 0 Å². The molecule has 0 radical (unpaired) electrons. The van der Waals surface area contributed by atoms with Crippen molar-refractivity contribution in [3.8, 4) is 22.3 Å². The smallest absolute Gasteiger partial charge is 0.0784 e. The number of hydrogen-bond acceptors (Lipinski definition) is 2. The van der Waals surface area contributed by atoms with E-state index in [0.29, 0.717) is 0 Å². The summed E-state index contributed by atoms with van der Waals surface area (Å²) in [5, 5.41) is 7.43. The van der Waals surface area contributed by atoms with Gasteiger partial charge in [0.05, 0.1) is 12.1 Å². The second kappa shape index (κ2) is 14.5. The van der Waals surface area contributed by atoms with Crippen LogP contribution in [0.2, 0.25) is 0 Å². The Bertz CT molecular complexity index is 2070. The normalized spacial score (nSPS) is 12.1. The van der Waals surface area contributed by atoms with Gasteiger partial charge in [0, 0.05) is 11.1 Å². The summed E-state index contributed by atoms with van der Waals surface area (Å²) in [6.07, 6.45) is 0. The summed E-state index contributed by atoms with van der Waals surface area (Å²) in [6, 6.07) is 62.8. The van der Waals surface area contributed by atoms with Gasteiger partial charge in [-0.3, -0.25) is 0 Å². The van der Waals surface area contributed by atoms with Crippen LogP contribution in [-0.4, -0.2) is 0 Å². The zero-order valence-electron chi connectivity index (χ0n) is 28.6. The van der Waals surface area contributed by atoms with Gasteiger partial charge in [-0.25, -0.2) is 0 Å². The highest BCUT2D eigenvalue weighted by atomic mass is 32.4. The maximum Gasteiger partial charge on any atom is 0.173 e. The molecule has 0 saturated carbocycles. The topological polar surface area (TPSA) is 0 Å². The summed E-state index contributed by atoms with van der Waals surface area (Å²) in [5.74, 6) is 0. The van der Waals surface area contributed by atoms with Crippen LogP contribution in [0.25, 0.3) is 22.3 Å². The van der Waals surface area contributed by atoms with E-state index in [2.05, 4.69) is 209 Å². The van der Waals surface area contributed by atoms with Gasteiger partial charge < -0.3 is 0 Å². The second-order valence-corrected chi connectivity index (χ2v) is 25.7. The van der Waals surface area contributed by atoms with Crippen LogP contribution in [0, 0.1) is 0 Å². The molecule has 0 saturated heterocycles. The molecule has 0 N–H and O–H groups in total. The Hall–Kier alpha value is -3.73. The molecule has 7 rings (SSSR count). The van der Waals surface area contributed by atoms with E-state index >= 15 is 0 Å². The lowest BCUT2D eigenvalue weighted by molar-refractivity contribution is 0.721. The first kappa shape index (κ1) is 34.7. The summed E-state index contributed by atoms with van der Waals surface area (Å²) < 4.78 is 0. The summed E-state index contributed by atoms with van der Waals surface area (Å²) in [6.45, 7) is 7.25. The lowest BCUT2D eigenvalue weighted by Gasteiger charge is -2.32. The van der Waals surface area contributed by atoms with Crippen LogP contribution in [-0.2, 0) is 28.8 Å². The highest BCUT2D eigenvalue weighted by Crippen LogP contribution is 2.62. The fourth-order valence-electron chi connectivity index (χ4n) is 6.87. The average molecular weight is 738 g/mol. The van der Waals surface area contributed by atoms with Gasteiger partial charge in [-0.1, -0.05) is 206 Å². The van der Waals surface area contributed by atoms with Crippen LogP contribution >= 0.6 is 19.6 Å². The summed E-state index contributed by atoms with van der Waals surface area (Å²) in [4.78, 5) is 0. The summed E-state index contributed by atoms with van der Waals surface area (Å²) >= 11 is 14.7. The van der Waals surface area contributed by atoms with E-state index in [1.807, 2.05) is 0 Å². The molecule has 0 aliphatic heterocycles. The third kappa shape index (κ3) is 6.35. The number of hydrogen-bond donors (Lipinski definition) is 0. The molecule has 1 heterocycles. The molecule has 7 aromatic rings. The minimum atomic E-state index is -2.63. The van der Waals surface area contributed by atoms with Gasteiger partial charge in [0.2, 0.25) is 0 Å². The van der Waals surface area contributed by atoms with Gasteiger partial charge in [0.15, 0.2) is 10.1 Å². The molecule has 0 amide bonds. The Labute approximate surface area is 309 Å². The fourth-order valence-corrected chi connectivity index (χ4v) is 24.0. The first-order valence-electron chi connectivity index (χ1n) is 16.9. The van der Waals surface area contributed by atoms with E-state index in [0.717, 1.165) is 0 Å². The van der Waals surface area contributed by atoms with Crippen LogP contribution in [0.4, 0.5) is 0 Å². The van der Waals surface area contributed by atoms with E-state index in [1.165, 1.54) is 53.5 Å². The first-order valence-corrected chi connectivity index (χ1v) is 23.9. The van der Waals surface area contributed by atoms with Gasteiger partial charge in [-0.2, -0.15) is 0 Å². The lowest BCUT2D eigenvalue weighted by Crippen LogP contribution is -2.34. The van der Waals surface area contributed by atoms with Crippen molar-refractivity contribution in [3.63, 3.8) is 0 Å². The Kier molecular flexibility index (Phi) is 10.1. The molecular weight excluding hydrogens is 698 g/mol. The molecule has 246 valence electrons. The van der Waals surface area contributed by atoms with E-state index in [-0.39, 0.29) is 5.16 Å². The molecule has 5 heteroatoms. The van der Waals surface area contributed by atoms with Gasteiger partial charge in [0.25, 0.3) is 0 Å². The number of benzene rings is 6. The molecular formula is C45H40P3S2+. The van der Waals surface area contributed by atoms with Crippen molar-refractivity contribution in [2.24, 2.45) is 0 Å². The molecule has 0 spiro atoms. The predicted octanol–water partition coefficient (Wildman–Crippen LogP) is 10.6. The molecule has 0 bridgehead atoms. The standard InChI is InChI=1S/C45H40P3S2/c1-45(2,3)46-43(47(49,37-26-14-6-15-27-37)38-28-16-7-17-29-38)41(35-22-10-4-11-23-35)34-42(36-24-12-5-13-25-36)44(46)48(50,39-30-18-8-19-31-39)40-32-20-9-21-33-40/h4-34H,1-3H3/q+1. The molecule has 0 nitrogen and oxygen atoms in total. The Balaban J connectivity index is 1.80. The van der Waals surface area contributed by atoms with Gasteiger partial charge in [-0.05, 0) is 59.2 Å². The molecule has 0 aliphatic carbocycles. The average Bonchev–Trinajstić information content (AvgIpc) is 3.18. The fraction of sp³-hybridized carbons (Fsp3) is 0.0889. The predicted molar refractivity (Wildman–Crippen MR) is 232 cm³/mol. The third-order valence-electron chi connectivity index (χ3n) is 9.11. The van der Waals surface area contributed by atoms with Crippen LogP contribution in [0.3, 0.4) is 0 Å². The number of rotatable bonds is 8. The molecule has 0 aliphatic rings. The SMILES string of the molecule is CC(C)(C)[p+]1c(P(=S)(c2ccccc2)c2ccccc2)c(-c2ccccc2)cc(-c2ccccc2)c1P(=S)(c1ccccc1)c1ccccc1. The zero-order valence-corrected chi connectivity index (χ0v) is 32.9. The Morgan fingerprint density at radius 2 is 0.620 bits per heavy atom. The monoisotopic (exact) mass is 737 g/mol. The molecule has 0 unspecified atom stereocenters. The van der Waals surface area contributed by atoms with E-state index in [9.17, 15) is 0 Å². The highest BCUT2D eigenvalue weighted by Gasteiger charge is 2.49. The van der Waals surface area contributed by atoms with Gasteiger partial charge in [-0.15, -0.1) is 0 Å². The van der Waals surface area contributed by atoms with Crippen molar-refractivity contribution >= 4 is 74.5 Å². The van der Waals surface area contributed by atoms with Crippen molar-refractivity contribution in [1.29, 1.82) is 0 Å². The maximum absolute atomic E-state index is 7.35. The maximum atomic E-state index is 7.35. The molecule has 0 atom stereocenters. The van der Waals surface area contributed by atoms with Crippen molar-refractivity contribution in [1.82, 2.24) is 0 Å². The third-order valence-corrected chi connectivity index (χ3v) is 25.0. The van der Waals surface area contributed by atoms with Crippen LogP contribution in [0.1, 0.15) is 20.8 Å². The minimum absolute atomic E-state index is 0.185. The highest BCUT2D eigenvalue weighted by molar-refractivity contribution is 8.30. The van der Waals surface area contributed by atoms with Gasteiger partial charge in [0.1, 0.15) is 12.7 Å². The Morgan fingerprint density at radius 3 is 0.860 bits per heavy atom. The molecule has 50 heavy (non-hydrogen) atoms. The van der Waals surface area contributed by atoms with Crippen molar-refractivity contribution < 1.29 is 0 Å². The zero-order chi connectivity index (χ0) is 34.8. The summed E-state index contributed by atoms with van der Waals surface area (Å²) in [7, 11) is -1.12. The quantitative estimate of drug-likeness (QED) is 0.143. The van der Waals surface area contributed by atoms with Crippen molar-refractivity contribution in [2.75, 3.05) is 0 Å². The van der Waals surface area contributed by atoms with Crippen molar-refractivity contribution in [3.05, 3.63) is 188 Å². The van der Waals surface area contributed by atoms with Crippen LogP contribution in [0.15, 0.2) is 188 Å². The lowest BCUT2D eigenvalue weighted by atomic mass is 10.0. The van der Waals surface area contributed by atoms with E-state index < -0.39 is 19.6 Å². The van der Waals surface area contributed by atoms with Crippen LogP contribution < -0.4 is 31.3 Å². The second-order valence-electron chi connectivity index (χ2n) is 13.4. The minimum Gasteiger partial charge on any atom is -0.0784 e. The largest absolute Gasteiger partial charge is 0.173 e. The van der Waals surface area contributed by atoms with Crippen molar-refractivity contribution in [2.45, 2.75) is 25.9 Å². The van der Waals surface area contributed by atoms with E-state index in [4.69, 9.17) is 23.6 Å². The first-order chi connectivity index (χ1) is 24.2. The molecule has 6 aromatic carbocycles. The van der Waals surface area contributed by atoms with E-state index in [1.54, 1.807) is 0 Å².